The van der Waals surface area contributed by atoms with Gasteiger partial charge in [0.1, 0.15) is 5.41 Å². The Morgan fingerprint density at radius 2 is 1.97 bits per heavy atom. The lowest BCUT2D eigenvalue weighted by molar-refractivity contribution is -0.123. The number of fused-ring (bicyclic) bond motifs is 2. The molecule has 1 N–H and O–H groups in total. The van der Waals surface area contributed by atoms with E-state index in [4.69, 9.17) is 14.8 Å². The van der Waals surface area contributed by atoms with Gasteiger partial charge in [0.15, 0.2) is 17.3 Å². The molecule has 31 heavy (non-hydrogen) atoms. The lowest BCUT2D eigenvalue weighted by Crippen LogP contribution is -2.37. The third kappa shape index (κ3) is 3.19. The predicted octanol–water partition coefficient (Wildman–Crippen LogP) is 3.34. The maximum Gasteiger partial charge on any atom is 0.234 e. The van der Waals surface area contributed by atoms with E-state index in [2.05, 4.69) is 25.2 Å². The zero-order valence-electron chi connectivity index (χ0n) is 18.1. The summed E-state index contributed by atoms with van der Waals surface area (Å²) in [4.78, 5) is 29.8. The number of pyridine rings is 1. The molecule has 0 spiro atoms. The Morgan fingerprint density at radius 1 is 1.19 bits per heavy atom. The zero-order valence-corrected chi connectivity index (χ0v) is 18.1. The van der Waals surface area contributed by atoms with Gasteiger partial charge in [-0.2, -0.15) is 4.52 Å². The van der Waals surface area contributed by atoms with Gasteiger partial charge in [-0.05, 0) is 42.4 Å². The van der Waals surface area contributed by atoms with Crippen LogP contribution < -0.4 is 10.1 Å². The Kier molecular flexibility index (Phi) is 4.57. The number of rotatable bonds is 6. The molecule has 2 aliphatic carbocycles. The van der Waals surface area contributed by atoms with E-state index >= 15 is 0 Å². The topological polar surface area (TPSA) is 85.6 Å². The van der Waals surface area contributed by atoms with Crippen LogP contribution in [-0.2, 0) is 16.6 Å². The Bertz CT molecular complexity index is 1210. The van der Waals surface area contributed by atoms with Crippen LogP contribution in [0.2, 0.25) is 0 Å². The molecular weight excluding hydrogens is 392 g/mol. The number of aromatic nitrogens is 3. The van der Waals surface area contributed by atoms with Crippen LogP contribution >= 0.6 is 0 Å². The molecule has 5 rings (SSSR count). The van der Waals surface area contributed by atoms with Crippen LogP contribution in [0.25, 0.3) is 16.8 Å². The van der Waals surface area contributed by atoms with Gasteiger partial charge < -0.3 is 10.1 Å². The van der Waals surface area contributed by atoms with E-state index in [1.807, 2.05) is 24.3 Å². The molecule has 1 aromatic carbocycles. The Morgan fingerprint density at radius 3 is 2.68 bits per heavy atom. The molecule has 0 bridgehead atoms. The first kappa shape index (κ1) is 19.7. The lowest BCUT2D eigenvalue weighted by Gasteiger charge is -2.13. The van der Waals surface area contributed by atoms with Crippen LogP contribution in [-0.4, -0.2) is 39.9 Å². The van der Waals surface area contributed by atoms with E-state index < -0.39 is 5.41 Å². The van der Waals surface area contributed by atoms with E-state index in [1.54, 1.807) is 11.6 Å². The molecule has 1 fully saturated rings. The van der Waals surface area contributed by atoms with Crippen LogP contribution in [0.1, 0.15) is 54.9 Å². The van der Waals surface area contributed by atoms with Gasteiger partial charge >= 0.3 is 0 Å². The molecule has 0 saturated heterocycles. The lowest BCUT2D eigenvalue weighted by atomic mass is 10.0. The average Bonchev–Trinajstić information content (AvgIpc) is 3.32. The van der Waals surface area contributed by atoms with Crippen LogP contribution in [0.5, 0.6) is 5.88 Å². The number of hydrogen-bond donors (Lipinski definition) is 1. The summed E-state index contributed by atoms with van der Waals surface area (Å²) in [5.41, 5.74) is 3.76. The minimum Gasteiger partial charge on any atom is -0.481 e. The molecule has 2 aromatic heterocycles. The van der Waals surface area contributed by atoms with Crippen LogP contribution in [0.3, 0.4) is 0 Å². The van der Waals surface area contributed by atoms with Crippen molar-refractivity contribution in [3.05, 3.63) is 47.3 Å². The first-order chi connectivity index (χ1) is 14.9. The SMILES string of the molecule is COc1ccc(-c2ccc3c(c2)CCC3=O)c2nc(C3(C(=O)NCC(C)C)CC3)nn12. The van der Waals surface area contributed by atoms with Crippen molar-refractivity contribution in [2.45, 2.75) is 44.9 Å². The number of carbonyl (C=O) groups is 2. The van der Waals surface area contributed by atoms with Crippen molar-refractivity contribution in [1.29, 1.82) is 0 Å². The summed E-state index contributed by atoms with van der Waals surface area (Å²) in [7, 11) is 1.60. The largest absolute Gasteiger partial charge is 0.481 e. The third-order valence-electron chi connectivity index (χ3n) is 6.28. The summed E-state index contributed by atoms with van der Waals surface area (Å²) < 4.78 is 7.19. The minimum atomic E-state index is -0.659. The number of ketones is 1. The first-order valence-corrected chi connectivity index (χ1v) is 10.8. The number of nitrogens with zero attached hydrogens (tertiary/aromatic N) is 3. The van der Waals surface area contributed by atoms with E-state index in [0.717, 1.165) is 41.5 Å². The summed E-state index contributed by atoms with van der Waals surface area (Å²) in [6.45, 7) is 4.78. The summed E-state index contributed by atoms with van der Waals surface area (Å²) in [6.07, 6.45) is 2.82. The number of Topliss-reactive ketones (excluding diaryl/α,β-unsaturated/α-hetero) is 1. The monoisotopic (exact) mass is 418 g/mol. The number of ether oxygens (including phenoxy) is 1. The molecule has 0 atom stereocenters. The van der Waals surface area contributed by atoms with Crippen LogP contribution in [0.15, 0.2) is 30.3 Å². The first-order valence-electron chi connectivity index (χ1n) is 10.8. The maximum absolute atomic E-state index is 12.9. The fraction of sp³-hybridized carbons (Fsp3) is 0.417. The van der Waals surface area contributed by atoms with E-state index in [9.17, 15) is 9.59 Å². The molecular formula is C24H26N4O3. The fourth-order valence-corrected chi connectivity index (χ4v) is 4.29. The van der Waals surface area contributed by atoms with Gasteiger partial charge in [0.25, 0.3) is 0 Å². The standard InChI is InChI=1S/C24H26N4O3/c1-14(2)13-25-23(30)24(10-11-24)22-26-21-18(7-9-20(31-3)28(21)27-22)16-4-6-17-15(12-16)5-8-19(17)29/h4,6-7,9,12,14H,5,8,10-11,13H2,1-3H3,(H,25,30). The molecule has 7 nitrogen and oxygen atoms in total. The minimum absolute atomic E-state index is 0.00586. The second-order valence-electron chi connectivity index (χ2n) is 8.94. The van der Waals surface area contributed by atoms with Crippen molar-refractivity contribution in [2.24, 2.45) is 5.92 Å². The normalized spacial score (nSPS) is 16.6. The molecule has 1 saturated carbocycles. The highest BCUT2D eigenvalue weighted by molar-refractivity contribution is 6.01. The Hall–Kier alpha value is -3.22. The zero-order chi connectivity index (χ0) is 21.8. The number of benzene rings is 1. The maximum atomic E-state index is 12.9. The highest BCUT2D eigenvalue weighted by atomic mass is 16.5. The Labute approximate surface area is 180 Å². The van der Waals surface area contributed by atoms with Crippen LogP contribution in [0.4, 0.5) is 0 Å². The van der Waals surface area contributed by atoms with Gasteiger partial charge in [-0.1, -0.05) is 32.0 Å². The smallest absolute Gasteiger partial charge is 0.234 e. The van der Waals surface area contributed by atoms with E-state index in [0.29, 0.717) is 36.2 Å². The highest BCUT2D eigenvalue weighted by Crippen LogP contribution is 2.47. The fourth-order valence-electron chi connectivity index (χ4n) is 4.29. The van der Waals surface area contributed by atoms with Gasteiger partial charge in [-0.3, -0.25) is 9.59 Å². The van der Waals surface area contributed by atoms with Crippen molar-refractivity contribution >= 4 is 17.3 Å². The van der Waals surface area contributed by atoms with Crippen molar-refractivity contribution < 1.29 is 14.3 Å². The summed E-state index contributed by atoms with van der Waals surface area (Å²) >= 11 is 0. The van der Waals surface area contributed by atoms with Crippen LogP contribution in [0, 0.1) is 5.92 Å². The molecule has 160 valence electrons. The van der Waals surface area contributed by atoms with Gasteiger partial charge in [-0.15, -0.1) is 5.10 Å². The second kappa shape index (κ2) is 7.18. The third-order valence-corrected chi connectivity index (χ3v) is 6.28. The van der Waals surface area contributed by atoms with Gasteiger partial charge in [0.2, 0.25) is 11.8 Å². The summed E-state index contributed by atoms with van der Waals surface area (Å²) in [6, 6.07) is 9.75. The van der Waals surface area contributed by atoms with Crippen molar-refractivity contribution in [3.8, 4) is 17.0 Å². The van der Waals surface area contributed by atoms with E-state index in [-0.39, 0.29) is 11.7 Å². The number of nitrogens with one attached hydrogen (secondary N) is 1. The number of hydrogen-bond acceptors (Lipinski definition) is 5. The molecule has 0 radical (unpaired) electrons. The average molecular weight is 418 g/mol. The highest BCUT2D eigenvalue weighted by Gasteiger charge is 2.54. The second-order valence-corrected chi connectivity index (χ2v) is 8.94. The molecule has 2 aliphatic rings. The van der Waals surface area contributed by atoms with Gasteiger partial charge in [0.05, 0.1) is 7.11 Å². The van der Waals surface area contributed by atoms with Crippen molar-refractivity contribution in [1.82, 2.24) is 19.9 Å². The summed E-state index contributed by atoms with van der Waals surface area (Å²) in [5, 5.41) is 7.75. The van der Waals surface area contributed by atoms with Crippen molar-refractivity contribution in [2.75, 3.05) is 13.7 Å². The Balaban J connectivity index is 1.59. The predicted molar refractivity (Wildman–Crippen MR) is 116 cm³/mol. The van der Waals surface area contributed by atoms with Gasteiger partial charge in [0, 0.05) is 30.2 Å². The number of amides is 1. The molecule has 2 heterocycles. The molecule has 0 unspecified atom stereocenters. The summed E-state index contributed by atoms with van der Waals surface area (Å²) in [5.74, 6) is 1.68. The number of aryl methyl sites for hydroxylation is 1. The van der Waals surface area contributed by atoms with Crippen molar-refractivity contribution in [3.63, 3.8) is 0 Å². The van der Waals surface area contributed by atoms with Gasteiger partial charge in [-0.25, -0.2) is 4.98 Å². The molecule has 7 heteroatoms. The molecule has 0 aliphatic heterocycles. The molecule has 3 aromatic rings. The number of carbonyl (C=O) groups excluding carboxylic acids is 2. The van der Waals surface area contributed by atoms with E-state index in [1.165, 1.54) is 0 Å². The molecule has 1 amide bonds. The quantitative estimate of drug-likeness (QED) is 0.664. The number of methoxy groups -OCH3 is 1.